The van der Waals surface area contributed by atoms with Crippen LogP contribution in [0.3, 0.4) is 0 Å². The summed E-state index contributed by atoms with van der Waals surface area (Å²) < 4.78 is 6.77. The van der Waals surface area contributed by atoms with Crippen LogP contribution < -0.4 is 5.32 Å². The van der Waals surface area contributed by atoms with Gasteiger partial charge in [-0.3, -0.25) is 9.69 Å². The molecule has 1 saturated heterocycles. The molecule has 0 saturated carbocycles. The van der Waals surface area contributed by atoms with Crippen molar-refractivity contribution < 1.29 is 14.3 Å². The van der Waals surface area contributed by atoms with E-state index in [9.17, 15) is 9.59 Å². The Balaban J connectivity index is 1.18. The van der Waals surface area contributed by atoms with Crippen LogP contribution in [0, 0.1) is 0 Å². The fourth-order valence-corrected chi connectivity index (χ4v) is 5.92. The Labute approximate surface area is 275 Å². The summed E-state index contributed by atoms with van der Waals surface area (Å²) >= 11 is 0. The standard InChI is InChI=1S/C37H43N7O3/c1-25(2)43-19-17-42(18-20-43)16-15-30(45)22-26-9-8-10-27(21-26)34-40-32-12-7-6-11-31(32)35(41-34)39-29-13-14-33-28(23-29)24-38-44(33)36(46)47-37(3,4)5/h6-14,21,23-25H,15-20,22H2,1-5H3,(H,39,40,41). The number of carbonyl (C=O) groups is 2. The molecule has 1 fully saturated rings. The Morgan fingerprint density at radius 3 is 2.49 bits per heavy atom. The molecule has 244 valence electrons. The molecular weight excluding hydrogens is 590 g/mol. The van der Waals surface area contributed by atoms with E-state index in [4.69, 9.17) is 14.7 Å². The van der Waals surface area contributed by atoms with Crippen LogP contribution in [0.25, 0.3) is 33.2 Å². The van der Waals surface area contributed by atoms with Gasteiger partial charge >= 0.3 is 6.09 Å². The van der Waals surface area contributed by atoms with Crippen molar-refractivity contribution in [1.82, 2.24) is 29.5 Å². The lowest BCUT2D eigenvalue weighted by molar-refractivity contribution is -0.118. The molecule has 47 heavy (non-hydrogen) atoms. The van der Waals surface area contributed by atoms with Crippen molar-refractivity contribution in [2.24, 2.45) is 0 Å². The third-order valence-electron chi connectivity index (χ3n) is 8.43. The monoisotopic (exact) mass is 633 g/mol. The molecule has 0 atom stereocenters. The Hall–Kier alpha value is -4.67. The minimum absolute atomic E-state index is 0.237. The quantitative estimate of drug-likeness (QED) is 0.190. The predicted molar refractivity (Wildman–Crippen MR) is 186 cm³/mol. The summed E-state index contributed by atoms with van der Waals surface area (Å²) in [5, 5.41) is 9.39. The number of rotatable bonds is 9. The maximum atomic E-state index is 13.0. The van der Waals surface area contributed by atoms with E-state index in [0.717, 1.165) is 65.8 Å². The zero-order valence-corrected chi connectivity index (χ0v) is 27.9. The smallest absolute Gasteiger partial charge is 0.435 e. The molecule has 0 radical (unpaired) electrons. The lowest BCUT2D eigenvalue weighted by Crippen LogP contribution is -2.49. The van der Waals surface area contributed by atoms with Crippen LogP contribution in [0.4, 0.5) is 16.3 Å². The molecule has 1 aliphatic heterocycles. The van der Waals surface area contributed by atoms with Gasteiger partial charge in [0, 0.05) is 73.6 Å². The maximum absolute atomic E-state index is 13.0. The molecule has 0 amide bonds. The second kappa shape index (κ2) is 13.6. The third kappa shape index (κ3) is 7.84. The molecule has 6 rings (SSSR count). The van der Waals surface area contributed by atoms with E-state index in [-0.39, 0.29) is 5.78 Å². The number of para-hydroxylation sites is 1. The van der Waals surface area contributed by atoms with E-state index in [1.165, 1.54) is 4.68 Å². The SMILES string of the molecule is CC(C)N1CCN(CCC(=O)Cc2cccc(-c3nc(Nc4ccc5c(cnn5C(=O)OC(C)(C)C)c4)c4ccccc4n3)c2)CC1. The first-order chi connectivity index (χ1) is 22.5. The molecule has 10 heteroatoms. The molecule has 0 bridgehead atoms. The molecule has 3 aromatic carbocycles. The van der Waals surface area contributed by atoms with Gasteiger partial charge in [-0.1, -0.05) is 30.3 Å². The van der Waals surface area contributed by atoms with Gasteiger partial charge in [-0.25, -0.2) is 14.8 Å². The highest BCUT2D eigenvalue weighted by atomic mass is 16.6. The first-order valence-corrected chi connectivity index (χ1v) is 16.3. The molecule has 1 N–H and O–H groups in total. The number of Topliss-reactive ketones (excluding diaryl/α,β-unsaturated/α-hetero) is 1. The Morgan fingerprint density at radius 2 is 1.72 bits per heavy atom. The maximum Gasteiger partial charge on any atom is 0.435 e. The number of carbonyl (C=O) groups excluding carboxylic acids is 2. The molecule has 10 nitrogen and oxygen atoms in total. The van der Waals surface area contributed by atoms with E-state index < -0.39 is 11.7 Å². The number of ether oxygens (including phenoxy) is 1. The van der Waals surface area contributed by atoms with E-state index in [0.29, 0.717) is 36.0 Å². The van der Waals surface area contributed by atoms with Gasteiger partial charge in [-0.2, -0.15) is 9.78 Å². The van der Waals surface area contributed by atoms with Gasteiger partial charge in [0.2, 0.25) is 0 Å². The van der Waals surface area contributed by atoms with Crippen LogP contribution in [0.5, 0.6) is 0 Å². The third-order valence-corrected chi connectivity index (χ3v) is 8.43. The summed E-state index contributed by atoms with van der Waals surface area (Å²) in [4.78, 5) is 40.4. The molecule has 0 aliphatic carbocycles. The highest BCUT2D eigenvalue weighted by Crippen LogP contribution is 2.29. The normalized spacial score (nSPS) is 14.6. The Morgan fingerprint density at radius 1 is 0.936 bits per heavy atom. The largest absolute Gasteiger partial charge is 0.442 e. The summed E-state index contributed by atoms with van der Waals surface area (Å²) in [5.74, 6) is 1.46. The van der Waals surface area contributed by atoms with Crippen LogP contribution >= 0.6 is 0 Å². The van der Waals surface area contributed by atoms with Crippen molar-refractivity contribution in [3.05, 3.63) is 78.5 Å². The number of ketones is 1. The van der Waals surface area contributed by atoms with E-state index in [1.54, 1.807) is 6.20 Å². The molecule has 0 unspecified atom stereocenters. The van der Waals surface area contributed by atoms with Gasteiger partial charge < -0.3 is 15.0 Å². The Kier molecular flexibility index (Phi) is 9.33. The van der Waals surface area contributed by atoms with Gasteiger partial charge in [-0.05, 0) is 76.6 Å². The topological polar surface area (TPSA) is 105 Å². The number of aromatic nitrogens is 4. The van der Waals surface area contributed by atoms with Crippen LogP contribution in [-0.2, 0) is 16.0 Å². The van der Waals surface area contributed by atoms with Gasteiger partial charge in [0.05, 0.1) is 17.2 Å². The number of fused-ring (bicyclic) bond motifs is 2. The fourth-order valence-electron chi connectivity index (χ4n) is 5.92. The fraction of sp³-hybridized carbons (Fsp3) is 0.378. The average molecular weight is 634 g/mol. The number of piperazine rings is 1. The van der Waals surface area contributed by atoms with E-state index in [2.05, 4.69) is 34.1 Å². The van der Waals surface area contributed by atoms with Crippen molar-refractivity contribution in [2.75, 3.05) is 38.0 Å². The van der Waals surface area contributed by atoms with Gasteiger partial charge in [0.15, 0.2) is 5.82 Å². The molecule has 3 heterocycles. The van der Waals surface area contributed by atoms with Gasteiger partial charge in [-0.15, -0.1) is 0 Å². The van der Waals surface area contributed by atoms with Crippen molar-refractivity contribution in [3.8, 4) is 11.4 Å². The molecule has 2 aromatic heterocycles. The van der Waals surface area contributed by atoms with Crippen molar-refractivity contribution in [2.45, 2.75) is 59.1 Å². The summed E-state index contributed by atoms with van der Waals surface area (Å²) in [6, 6.07) is 22.0. The number of hydrogen-bond acceptors (Lipinski definition) is 9. The zero-order valence-electron chi connectivity index (χ0n) is 27.9. The first kappa shape index (κ1) is 32.3. The van der Waals surface area contributed by atoms with E-state index in [1.807, 2.05) is 87.5 Å². The zero-order chi connectivity index (χ0) is 33.1. The minimum Gasteiger partial charge on any atom is -0.442 e. The second-order valence-corrected chi connectivity index (χ2v) is 13.5. The summed E-state index contributed by atoms with van der Waals surface area (Å²) in [6.45, 7) is 14.9. The number of hydrogen-bond donors (Lipinski definition) is 1. The van der Waals surface area contributed by atoms with E-state index >= 15 is 0 Å². The van der Waals surface area contributed by atoms with Crippen molar-refractivity contribution in [3.63, 3.8) is 0 Å². The van der Waals surface area contributed by atoms with Crippen LogP contribution in [0.1, 0.15) is 46.6 Å². The van der Waals surface area contributed by atoms with Crippen LogP contribution in [0.15, 0.2) is 72.9 Å². The molecule has 5 aromatic rings. The molecular formula is C37H43N7O3. The van der Waals surface area contributed by atoms with Crippen LogP contribution in [0.2, 0.25) is 0 Å². The second-order valence-electron chi connectivity index (χ2n) is 13.5. The van der Waals surface area contributed by atoms with Gasteiger partial charge in [0.1, 0.15) is 17.2 Å². The van der Waals surface area contributed by atoms with Crippen molar-refractivity contribution in [1.29, 1.82) is 0 Å². The number of nitrogens with zero attached hydrogens (tertiary/aromatic N) is 6. The summed E-state index contributed by atoms with van der Waals surface area (Å²) in [5.41, 5.74) is 3.43. The van der Waals surface area contributed by atoms with Crippen LogP contribution in [-0.4, -0.2) is 85.8 Å². The average Bonchev–Trinajstić information content (AvgIpc) is 3.47. The van der Waals surface area contributed by atoms with Gasteiger partial charge in [0.25, 0.3) is 0 Å². The molecule has 0 spiro atoms. The number of benzene rings is 3. The lowest BCUT2D eigenvalue weighted by atomic mass is 10.0. The summed E-state index contributed by atoms with van der Waals surface area (Å²) in [7, 11) is 0. The van der Waals surface area contributed by atoms with Crippen molar-refractivity contribution >= 4 is 45.2 Å². The predicted octanol–water partition coefficient (Wildman–Crippen LogP) is 6.70. The molecule has 1 aliphatic rings. The highest BCUT2D eigenvalue weighted by molar-refractivity contribution is 5.94. The highest BCUT2D eigenvalue weighted by Gasteiger charge is 2.21. The Bertz CT molecular complexity index is 1900. The number of nitrogens with one attached hydrogen (secondary N) is 1. The summed E-state index contributed by atoms with van der Waals surface area (Å²) in [6.07, 6.45) is 2.06. The number of anilines is 2. The lowest BCUT2D eigenvalue weighted by Gasteiger charge is -2.36. The first-order valence-electron chi connectivity index (χ1n) is 16.3. The minimum atomic E-state index is -0.624.